The van der Waals surface area contributed by atoms with Gasteiger partial charge in [-0.3, -0.25) is 0 Å². The Hall–Kier alpha value is -4.48. The Kier molecular flexibility index (Phi) is 18.7. The Balaban J connectivity index is 0.0000116. The van der Waals surface area contributed by atoms with E-state index in [4.69, 9.17) is 57.8 Å². The van der Waals surface area contributed by atoms with E-state index < -0.39 is 0 Å². The number of ether oxygens (including phenoxy) is 8. The molecule has 12 nitrogen and oxygen atoms in total. The van der Waals surface area contributed by atoms with Gasteiger partial charge in [-0.2, -0.15) is 0 Å². The first-order valence-electron chi connectivity index (χ1n) is 25.9. The zero-order valence-corrected chi connectivity index (χ0v) is 50.3. The Labute approximate surface area is 450 Å². The van der Waals surface area contributed by atoms with Crippen LogP contribution in [0.25, 0.3) is 45.1 Å². The average Bonchev–Trinajstić information content (AvgIpc) is 3.88. The van der Waals surface area contributed by atoms with Crippen LogP contribution in [0.5, 0.6) is 23.0 Å². The summed E-state index contributed by atoms with van der Waals surface area (Å²) in [7, 11) is 0. The normalized spacial score (nSPS) is 14.2. The Morgan fingerprint density at radius 2 is 0.425 bits per heavy atom. The Morgan fingerprint density at radius 3 is 0.575 bits per heavy atom. The van der Waals surface area contributed by atoms with Gasteiger partial charge in [-0.1, -0.05) is 188 Å². The molecule has 3 aromatic heterocycles. The Bertz CT molecular complexity index is 2270. The molecule has 0 fully saturated rings. The number of fused-ring (bicyclic) bond motifs is 8. The fraction of sp³-hybridized carbons (Fsp3) is 0.667. The minimum Gasteiger partial charge on any atom is -0.652 e. The van der Waals surface area contributed by atoms with Crippen molar-refractivity contribution in [3.63, 3.8) is 0 Å². The topological polar surface area (TPSA) is 128 Å². The zero-order valence-electron chi connectivity index (χ0n) is 49.3. The standard InChI is InChI=1S/C60H92N4O8.Cu/c1-53(2,3)29-65-45-37-25-39-47(67-31-55(7,8)9)49(69-33-57(13,14)15)41(62-39)27-43-51(71-35-59(19,20)21)52(72-36-60(22,23)24)44(64-43)28-42-50(70-34-58(16,17)18)48(68-32-56(10,11)12)40(63-42)26-38(61-37)46(45)66-30-54(4,5)6;/h25-28H,29-36H2,1-24H3;/q-2;+2. The van der Waals surface area contributed by atoms with Gasteiger partial charge in [0.05, 0.1) is 52.9 Å². The van der Waals surface area contributed by atoms with Crippen LogP contribution in [0.4, 0.5) is 0 Å². The van der Waals surface area contributed by atoms with Crippen LogP contribution in [0.1, 0.15) is 189 Å². The van der Waals surface area contributed by atoms with E-state index >= 15 is 0 Å². The van der Waals surface area contributed by atoms with E-state index in [1.165, 1.54) is 0 Å². The maximum absolute atomic E-state index is 6.86. The minimum absolute atomic E-state index is 0. The van der Waals surface area contributed by atoms with Crippen LogP contribution >= 0.6 is 0 Å². The SMILES string of the molecule is CC(C)(C)COC1=C(OCC(C)(C)C)c2cc3[n-]c(cc4nc(cc5[n-]c(cc1n2)c(OCC(C)(C)C)c5OCC(C)(C)C)C(OCC(C)(C)C)=C4OCC(C)(C)C)c(OCC(C)(C)C)c3OCC(C)(C)C.[Cu+2]. The van der Waals surface area contributed by atoms with Crippen LogP contribution in [0, 0.1) is 43.3 Å². The summed E-state index contributed by atoms with van der Waals surface area (Å²) in [6, 6.07) is 7.65. The molecule has 5 heterocycles. The molecule has 0 atom stereocenters. The molecule has 73 heavy (non-hydrogen) atoms. The van der Waals surface area contributed by atoms with Gasteiger partial charge >= 0.3 is 17.1 Å². The summed E-state index contributed by atoms with van der Waals surface area (Å²) in [5.41, 5.74) is 2.43. The molecule has 8 bridgehead atoms. The molecule has 0 amide bonds. The third-order valence-corrected chi connectivity index (χ3v) is 9.94. The third-order valence-electron chi connectivity index (χ3n) is 9.94. The molecular weight excluding hydrogens is 968 g/mol. The van der Waals surface area contributed by atoms with Gasteiger partial charge < -0.3 is 47.9 Å². The van der Waals surface area contributed by atoms with Crippen molar-refractivity contribution in [2.75, 3.05) is 52.9 Å². The van der Waals surface area contributed by atoms with Gasteiger partial charge in [0.2, 0.25) is 0 Å². The van der Waals surface area contributed by atoms with Crippen molar-refractivity contribution >= 4 is 45.1 Å². The zero-order chi connectivity index (χ0) is 54.2. The molecule has 0 N–H and O–H groups in total. The van der Waals surface area contributed by atoms with Gasteiger partial charge in [0.15, 0.2) is 23.0 Å². The van der Waals surface area contributed by atoms with E-state index in [0.29, 0.717) is 144 Å². The van der Waals surface area contributed by atoms with Crippen LogP contribution in [0.3, 0.4) is 0 Å². The van der Waals surface area contributed by atoms with E-state index in [2.05, 4.69) is 166 Å². The first-order valence-corrected chi connectivity index (χ1v) is 25.9. The molecule has 2 aliphatic heterocycles. The molecule has 1 radical (unpaired) electrons. The molecular formula is C60H92CuN4O8. The van der Waals surface area contributed by atoms with Crippen molar-refractivity contribution in [1.29, 1.82) is 0 Å². The summed E-state index contributed by atoms with van der Waals surface area (Å²) in [5, 5.41) is 0. The van der Waals surface area contributed by atoms with Crippen molar-refractivity contribution in [2.24, 2.45) is 43.3 Å². The summed E-state index contributed by atoms with van der Waals surface area (Å²) >= 11 is 0. The van der Waals surface area contributed by atoms with Gasteiger partial charge in [-0.25, -0.2) is 9.97 Å². The van der Waals surface area contributed by atoms with Gasteiger partial charge in [0.1, 0.15) is 45.8 Å². The maximum Gasteiger partial charge on any atom is 2.00 e. The fourth-order valence-corrected chi connectivity index (χ4v) is 6.58. The van der Waals surface area contributed by atoms with E-state index in [1.54, 1.807) is 0 Å². The second kappa shape index (κ2) is 22.4. The van der Waals surface area contributed by atoms with Crippen LogP contribution < -0.4 is 28.9 Å². The summed E-state index contributed by atoms with van der Waals surface area (Å²) < 4.78 is 54.9. The number of hydrogen-bond acceptors (Lipinski definition) is 10. The van der Waals surface area contributed by atoms with E-state index in [9.17, 15) is 0 Å². The Morgan fingerprint density at radius 1 is 0.274 bits per heavy atom. The molecule has 3 aromatic rings. The second-order valence-electron chi connectivity index (χ2n) is 29.5. The molecule has 0 saturated heterocycles. The number of aromatic nitrogens is 4. The quantitative estimate of drug-likeness (QED) is 0.127. The predicted molar refractivity (Wildman–Crippen MR) is 294 cm³/mol. The maximum atomic E-state index is 6.86. The van der Waals surface area contributed by atoms with Crippen LogP contribution in [0.2, 0.25) is 0 Å². The van der Waals surface area contributed by atoms with E-state index in [1.807, 2.05) is 24.3 Å². The molecule has 0 unspecified atom stereocenters. The van der Waals surface area contributed by atoms with Gasteiger partial charge in [-0.05, 0) is 67.6 Å². The minimum atomic E-state index is -0.205. The number of hydrogen-bond donors (Lipinski definition) is 0. The van der Waals surface area contributed by atoms with E-state index in [-0.39, 0.29) is 60.4 Å². The largest absolute Gasteiger partial charge is 2.00 e. The molecule has 411 valence electrons. The molecule has 0 saturated carbocycles. The van der Waals surface area contributed by atoms with Crippen molar-refractivity contribution in [2.45, 2.75) is 166 Å². The number of rotatable bonds is 16. The third kappa shape index (κ3) is 19.0. The molecule has 0 aliphatic carbocycles. The van der Waals surface area contributed by atoms with Crippen molar-refractivity contribution in [3.05, 3.63) is 47.0 Å². The van der Waals surface area contributed by atoms with Gasteiger partial charge in [-0.15, -0.1) is 0 Å². The van der Waals surface area contributed by atoms with Crippen molar-refractivity contribution < 1.29 is 55.0 Å². The first-order chi connectivity index (χ1) is 32.6. The monoisotopic (exact) mass is 1060 g/mol. The van der Waals surface area contributed by atoms with Crippen molar-refractivity contribution in [3.8, 4) is 23.0 Å². The molecule has 0 spiro atoms. The van der Waals surface area contributed by atoms with Gasteiger partial charge in [0.25, 0.3) is 0 Å². The van der Waals surface area contributed by atoms with Gasteiger partial charge in [0, 0.05) is 0 Å². The van der Waals surface area contributed by atoms with Crippen LogP contribution in [0.15, 0.2) is 24.3 Å². The fourth-order valence-electron chi connectivity index (χ4n) is 6.58. The molecule has 13 heteroatoms. The number of nitrogens with zero attached hydrogens (tertiary/aromatic N) is 4. The smallest absolute Gasteiger partial charge is 0.652 e. The molecule has 2 aliphatic rings. The molecule has 0 aromatic carbocycles. The first kappa shape index (κ1) is 61.1. The average molecular weight is 1060 g/mol. The summed E-state index contributed by atoms with van der Waals surface area (Å²) in [6.45, 7) is 54.4. The second-order valence-corrected chi connectivity index (χ2v) is 29.5. The van der Waals surface area contributed by atoms with Crippen molar-refractivity contribution in [1.82, 2.24) is 19.9 Å². The summed E-state index contributed by atoms with van der Waals surface area (Å²) in [5.74, 6) is 3.87. The summed E-state index contributed by atoms with van der Waals surface area (Å²) in [4.78, 5) is 21.5. The van der Waals surface area contributed by atoms with Crippen LogP contribution in [-0.2, 0) is 36.0 Å². The summed E-state index contributed by atoms with van der Waals surface area (Å²) in [6.07, 6.45) is 0. The van der Waals surface area contributed by atoms with E-state index in [0.717, 1.165) is 0 Å². The van der Waals surface area contributed by atoms with Crippen LogP contribution in [-0.4, -0.2) is 62.8 Å². The predicted octanol–water partition coefficient (Wildman–Crippen LogP) is 15.2. The molecule has 5 rings (SSSR count).